The molecule has 112 valence electrons. The maximum absolute atomic E-state index is 6.35. The predicted molar refractivity (Wildman–Crippen MR) is 85.6 cm³/mol. The van der Waals surface area contributed by atoms with Crippen LogP contribution in [0.5, 0.6) is 0 Å². The summed E-state index contributed by atoms with van der Waals surface area (Å²) < 4.78 is 0. The van der Waals surface area contributed by atoms with Gasteiger partial charge in [-0.1, -0.05) is 18.5 Å². The maximum atomic E-state index is 6.35. The number of hydrogen-bond acceptors (Lipinski definition) is 4. The van der Waals surface area contributed by atoms with E-state index in [0.29, 0.717) is 0 Å². The first-order valence-corrected chi connectivity index (χ1v) is 7.87. The Bertz CT molecular complexity index is 418. The summed E-state index contributed by atoms with van der Waals surface area (Å²) in [6, 6.07) is 2.01. The average molecular weight is 297 g/mol. The molecule has 0 saturated carbocycles. The third-order valence-corrected chi connectivity index (χ3v) is 4.05. The lowest BCUT2D eigenvalue weighted by molar-refractivity contribution is 0.346. The van der Waals surface area contributed by atoms with Crippen molar-refractivity contribution in [1.29, 1.82) is 0 Å². The first kappa shape index (κ1) is 15.5. The zero-order valence-corrected chi connectivity index (χ0v) is 13.3. The summed E-state index contributed by atoms with van der Waals surface area (Å²) in [5.74, 6) is 0.881. The third kappa shape index (κ3) is 4.33. The Hall–Kier alpha value is -0.840. The first-order chi connectivity index (χ1) is 9.70. The molecule has 1 aliphatic rings. The maximum Gasteiger partial charge on any atom is 0.147 e. The fourth-order valence-electron chi connectivity index (χ4n) is 2.52. The lowest BCUT2D eigenvalue weighted by Crippen LogP contribution is -2.32. The zero-order chi connectivity index (χ0) is 14.4. The van der Waals surface area contributed by atoms with E-state index in [-0.39, 0.29) is 0 Å². The smallest absolute Gasteiger partial charge is 0.147 e. The molecular formula is C15H25ClN4. The first-order valence-electron chi connectivity index (χ1n) is 7.49. The molecule has 2 rings (SSSR count). The Morgan fingerprint density at radius 2 is 2.15 bits per heavy atom. The SMILES string of the molecule is CCNCc1cnc(N(C)CCN2CCCC2)c(Cl)c1. The van der Waals surface area contributed by atoms with Crippen molar-refractivity contribution in [2.75, 3.05) is 44.7 Å². The van der Waals surface area contributed by atoms with Crippen LogP contribution in [-0.4, -0.2) is 49.7 Å². The number of nitrogens with zero attached hydrogens (tertiary/aromatic N) is 3. The number of pyridine rings is 1. The number of likely N-dealkylation sites (N-methyl/N-ethyl adjacent to an activating group) is 1. The van der Waals surface area contributed by atoms with Gasteiger partial charge in [0.05, 0.1) is 5.02 Å². The van der Waals surface area contributed by atoms with E-state index in [1.807, 2.05) is 12.3 Å². The van der Waals surface area contributed by atoms with E-state index >= 15 is 0 Å². The van der Waals surface area contributed by atoms with Crippen molar-refractivity contribution < 1.29 is 0 Å². The molecule has 0 amide bonds. The average Bonchev–Trinajstić information content (AvgIpc) is 2.96. The Morgan fingerprint density at radius 1 is 1.40 bits per heavy atom. The highest BCUT2D eigenvalue weighted by atomic mass is 35.5. The summed E-state index contributed by atoms with van der Waals surface area (Å²) in [6.45, 7) is 8.39. The van der Waals surface area contributed by atoms with Gasteiger partial charge in [0.15, 0.2) is 0 Å². The second-order valence-corrected chi connectivity index (χ2v) is 5.81. The highest BCUT2D eigenvalue weighted by Gasteiger charge is 2.14. The highest BCUT2D eigenvalue weighted by molar-refractivity contribution is 6.33. The van der Waals surface area contributed by atoms with E-state index in [0.717, 1.165) is 42.6 Å². The van der Waals surface area contributed by atoms with Crippen LogP contribution in [-0.2, 0) is 6.54 Å². The minimum absolute atomic E-state index is 0.740. The lowest BCUT2D eigenvalue weighted by atomic mass is 10.2. The molecule has 1 N–H and O–H groups in total. The Kier molecular flexibility index (Phi) is 6.07. The monoisotopic (exact) mass is 296 g/mol. The van der Waals surface area contributed by atoms with Gasteiger partial charge in [-0.15, -0.1) is 0 Å². The third-order valence-electron chi connectivity index (χ3n) is 3.77. The Labute approximate surface area is 127 Å². The van der Waals surface area contributed by atoms with Crippen LogP contribution in [0.1, 0.15) is 25.3 Å². The molecule has 1 fully saturated rings. The van der Waals surface area contributed by atoms with Crippen molar-refractivity contribution in [2.24, 2.45) is 0 Å². The fourth-order valence-corrected chi connectivity index (χ4v) is 2.85. The normalized spacial score (nSPS) is 15.8. The second-order valence-electron chi connectivity index (χ2n) is 5.40. The van der Waals surface area contributed by atoms with Gasteiger partial charge in [-0.2, -0.15) is 0 Å². The molecule has 0 radical (unpaired) electrons. The number of hydrogen-bond donors (Lipinski definition) is 1. The van der Waals surface area contributed by atoms with Gasteiger partial charge in [-0.25, -0.2) is 4.98 Å². The van der Waals surface area contributed by atoms with Crippen LogP contribution in [0.3, 0.4) is 0 Å². The van der Waals surface area contributed by atoms with Crippen LogP contribution in [0.4, 0.5) is 5.82 Å². The number of aromatic nitrogens is 1. The summed E-state index contributed by atoms with van der Waals surface area (Å²) in [7, 11) is 2.06. The fraction of sp³-hybridized carbons (Fsp3) is 0.667. The van der Waals surface area contributed by atoms with E-state index < -0.39 is 0 Å². The van der Waals surface area contributed by atoms with Crippen LogP contribution in [0.2, 0.25) is 5.02 Å². The summed E-state index contributed by atoms with van der Waals surface area (Å²) in [5, 5.41) is 4.02. The summed E-state index contributed by atoms with van der Waals surface area (Å²) in [4.78, 5) is 9.17. The minimum atomic E-state index is 0.740. The van der Waals surface area contributed by atoms with Crippen molar-refractivity contribution >= 4 is 17.4 Å². The summed E-state index contributed by atoms with van der Waals surface area (Å²) >= 11 is 6.35. The van der Waals surface area contributed by atoms with E-state index in [2.05, 4.69) is 34.1 Å². The molecule has 2 heterocycles. The summed E-state index contributed by atoms with van der Waals surface area (Å²) in [5.41, 5.74) is 1.13. The Morgan fingerprint density at radius 3 is 2.80 bits per heavy atom. The molecule has 0 atom stereocenters. The van der Waals surface area contributed by atoms with Crippen LogP contribution < -0.4 is 10.2 Å². The number of halogens is 1. The number of anilines is 1. The topological polar surface area (TPSA) is 31.4 Å². The van der Waals surface area contributed by atoms with E-state index in [1.54, 1.807) is 0 Å². The van der Waals surface area contributed by atoms with E-state index in [1.165, 1.54) is 25.9 Å². The van der Waals surface area contributed by atoms with Gasteiger partial charge in [0, 0.05) is 32.9 Å². The van der Waals surface area contributed by atoms with Crippen LogP contribution >= 0.6 is 11.6 Å². The molecule has 1 aromatic rings. The van der Waals surface area contributed by atoms with Gasteiger partial charge in [0.2, 0.25) is 0 Å². The van der Waals surface area contributed by atoms with Crippen LogP contribution in [0.25, 0.3) is 0 Å². The molecule has 0 aliphatic carbocycles. The van der Waals surface area contributed by atoms with Gasteiger partial charge >= 0.3 is 0 Å². The molecule has 0 bridgehead atoms. The number of likely N-dealkylation sites (tertiary alicyclic amines) is 1. The van der Waals surface area contributed by atoms with E-state index in [9.17, 15) is 0 Å². The number of rotatable bonds is 7. The van der Waals surface area contributed by atoms with Gasteiger partial charge in [-0.3, -0.25) is 0 Å². The zero-order valence-electron chi connectivity index (χ0n) is 12.5. The van der Waals surface area contributed by atoms with Crippen molar-refractivity contribution in [1.82, 2.24) is 15.2 Å². The quantitative estimate of drug-likeness (QED) is 0.837. The molecule has 20 heavy (non-hydrogen) atoms. The van der Waals surface area contributed by atoms with Crippen molar-refractivity contribution in [2.45, 2.75) is 26.3 Å². The van der Waals surface area contributed by atoms with E-state index in [4.69, 9.17) is 11.6 Å². The largest absolute Gasteiger partial charge is 0.357 e. The highest BCUT2D eigenvalue weighted by Crippen LogP contribution is 2.23. The standard InChI is InChI=1S/C15H25ClN4/c1-3-17-11-13-10-14(16)15(18-12-13)19(2)8-9-20-6-4-5-7-20/h10,12,17H,3-9,11H2,1-2H3. The molecule has 0 unspecified atom stereocenters. The molecule has 5 heteroatoms. The van der Waals surface area contributed by atoms with Crippen molar-refractivity contribution in [3.8, 4) is 0 Å². The van der Waals surface area contributed by atoms with Crippen molar-refractivity contribution in [3.05, 3.63) is 22.8 Å². The molecular weight excluding hydrogens is 272 g/mol. The predicted octanol–water partition coefficient (Wildman–Crippen LogP) is 2.38. The summed E-state index contributed by atoms with van der Waals surface area (Å²) in [6.07, 6.45) is 4.58. The van der Waals surface area contributed by atoms with Crippen LogP contribution in [0.15, 0.2) is 12.3 Å². The molecule has 1 saturated heterocycles. The molecule has 0 aromatic carbocycles. The van der Waals surface area contributed by atoms with Gasteiger partial charge in [0.25, 0.3) is 0 Å². The molecule has 1 aromatic heterocycles. The Balaban J connectivity index is 1.89. The number of nitrogens with one attached hydrogen (secondary N) is 1. The molecule has 0 spiro atoms. The van der Waals surface area contributed by atoms with Gasteiger partial charge in [-0.05, 0) is 44.1 Å². The van der Waals surface area contributed by atoms with Gasteiger partial charge in [0.1, 0.15) is 5.82 Å². The molecule has 4 nitrogen and oxygen atoms in total. The minimum Gasteiger partial charge on any atom is -0.357 e. The lowest BCUT2D eigenvalue weighted by Gasteiger charge is -2.23. The van der Waals surface area contributed by atoms with Gasteiger partial charge < -0.3 is 15.1 Å². The van der Waals surface area contributed by atoms with Crippen LogP contribution in [0, 0.1) is 0 Å². The van der Waals surface area contributed by atoms with Crippen molar-refractivity contribution in [3.63, 3.8) is 0 Å². The second kappa shape index (κ2) is 7.81. The molecule has 1 aliphatic heterocycles.